The van der Waals surface area contributed by atoms with Crippen LogP contribution in [-0.4, -0.2) is 27.6 Å². The van der Waals surface area contributed by atoms with Gasteiger partial charge in [-0.05, 0) is 51.8 Å². The van der Waals surface area contributed by atoms with Crippen LogP contribution >= 0.6 is 11.6 Å². The van der Waals surface area contributed by atoms with Gasteiger partial charge in [0.2, 0.25) is 0 Å². The number of amides is 1. The summed E-state index contributed by atoms with van der Waals surface area (Å²) in [4.78, 5) is 14.5. The van der Waals surface area contributed by atoms with Crippen molar-refractivity contribution in [2.45, 2.75) is 51.6 Å². The van der Waals surface area contributed by atoms with Crippen molar-refractivity contribution in [3.05, 3.63) is 52.1 Å². The fraction of sp³-hybridized carbons (Fsp3) is 0.474. The number of carbonyl (C=O) groups is 1. The van der Waals surface area contributed by atoms with Crippen LogP contribution in [0.1, 0.15) is 61.3 Å². The number of benzene rings is 1. The van der Waals surface area contributed by atoms with Crippen molar-refractivity contribution in [1.29, 1.82) is 0 Å². The van der Waals surface area contributed by atoms with Crippen LogP contribution < -0.4 is 0 Å². The molecule has 0 bridgehead atoms. The van der Waals surface area contributed by atoms with Crippen LogP contribution in [0.3, 0.4) is 0 Å². The van der Waals surface area contributed by atoms with Gasteiger partial charge in [0.05, 0.1) is 17.8 Å². The van der Waals surface area contributed by atoms with Crippen LogP contribution in [-0.2, 0) is 12.1 Å². The lowest BCUT2D eigenvalue weighted by molar-refractivity contribution is 0.0763. The van der Waals surface area contributed by atoms with E-state index in [0.717, 1.165) is 18.5 Å². The third-order valence-corrected chi connectivity index (χ3v) is 4.74. The molecule has 1 aliphatic rings. The fourth-order valence-electron chi connectivity index (χ4n) is 2.83. The topological polar surface area (TPSA) is 38.1 Å². The monoisotopic (exact) mass is 363 g/mol. The van der Waals surface area contributed by atoms with E-state index in [1.54, 1.807) is 23.9 Å². The summed E-state index contributed by atoms with van der Waals surface area (Å²) in [6, 6.07) is 6.41. The van der Waals surface area contributed by atoms with Crippen LogP contribution in [0.5, 0.6) is 0 Å². The highest BCUT2D eigenvalue weighted by Gasteiger charge is 2.32. The van der Waals surface area contributed by atoms with Crippen LogP contribution in [0, 0.1) is 5.82 Å². The first-order valence-corrected chi connectivity index (χ1v) is 8.85. The second-order valence-electron chi connectivity index (χ2n) is 7.67. The first-order chi connectivity index (χ1) is 11.7. The number of halogens is 2. The van der Waals surface area contributed by atoms with Gasteiger partial charge in [0.1, 0.15) is 11.5 Å². The number of carbonyl (C=O) groups excluding carboxylic acids is 1. The lowest BCUT2D eigenvalue weighted by Crippen LogP contribution is -2.33. The summed E-state index contributed by atoms with van der Waals surface area (Å²) < 4.78 is 15.8. The number of aromatic nitrogens is 2. The lowest BCUT2D eigenvalue weighted by atomic mass is 10.1. The summed E-state index contributed by atoms with van der Waals surface area (Å²) in [5, 5.41) is 4.98. The maximum absolute atomic E-state index is 14.0. The summed E-state index contributed by atoms with van der Waals surface area (Å²) in [5.41, 5.74) is 1.51. The molecule has 2 aromatic rings. The number of hydrogen-bond donors (Lipinski definition) is 0. The predicted octanol–water partition coefficient (Wildman–Crippen LogP) is 4.58. The Morgan fingerprint density at radius 1 is 1.40 bits per heavy atom. The normalized spacial score (nSPS) is 14.6. The fourth-order valence-corrected chi connectivity index (χ4v) is 3.05. The van der Waals surface area contributed by atoms with Crippen LogP contribution in [0.15, 0.2) is 24.3 Å². The number of hydrogen-bond acceptors (Lipinski definition) is 2. The zero-order valence-electron chi connectivity index (χ0n) is 15.0. The molecule has 25 heavy (non-hydrogen) atoms. The molecule has 3 rings (SSSR count). The van der Waals surface area contributed by atoms with E-state index in [9.17, 15) is 9.18 Å². The highest BCUT2D eigenvalue weighted by atomic mass is 35.5. The molecule has 4 nitrogen and oxygen atoms in total. The van der Waals surface area contributed by atoms with E-state index in [2.05, 4.69) is 5.10 Å². The molecule has 1 fully saturated rings. The largest absolute Gasteiger partial charge is 0.336 e. The van der Waals surface area contributed by atoms with Gasteiger partial charge in [-0.2, -0.15) is 5.10 Å². The molecule has 134 valence electrons. The molecule has 1 aromatic heterocycles. The average molecular weight is 364 g/mol. The average Bonchev–Trinajstić information content (AvgIpc) is 3.27. The highest BCUT2D eigenvalue weighted by molar-refractivity contribution is 6.31. The van der Waals surface area contributed by atoms with Gasteiger partial charge >= 0.3 is 0 Å². The molecule has 0 saturated heterocycles. The van der Waals surface area contributed by atoms with Crippen LogP contribution in [0.2, 0.25) is 5.02 Å². The number of rotatable bonds is 4. The van der Waals surface area contributed by atoms with Crippen molar-refractivity contribution in [2.24, 2.45) is 0 Å². The van der Waals surface area contributed by atoms with Gasteiger partial charge in [-0.3, -0.25) is 9.48 Å². The van der Waals surface area contributed by atoms with E-state index in [1.165, 1.54) is 11.0 Å². The molecule has 1 aliphatic carbocycles. The van der Waals surface area contributed by atoms with Gasteiger partial charge in [0.15, 0.2) is 0 Å². The van der Waals surface area contributed by atoms with Crippen molar-refractivity contribution in [2.75, 3.05) is 7.05 Å². The van der Waals surface area contributed by atoms with Gasteiger partial charge in [-0.25, -0.2) is 4.39 Å². The van der Waals surface area contributed by atoms with Gasteiger partial charge in [0, 0.05) is 23.6 Å². The summed E-state index contributed by atoms with van der Waals surface area (Å²) in [6.07, 6.45) is 2.24. The third-order valence-electron chi connectivity index (χ3n) is 4.38. The molecular formula is C19H23ClFN3O. The zero-order valence-corrected chi connectivity index (χ0v) is 15.8. The Bertz CT molecular complexity index is 785. The molecular weight excluding hydrogens is 341 g/mol. The van der Waals surface area contributed by atoms with E-state index in [4.69, 9.17) is 11.6 Å². The first kappa shape index (κ1) is 17.9. The lowest BCUT2D eigenvalue weighted by Gasteiger charge is -2.24. The molecule has 6 heteroatoms. The van der Waals surface area contributed by atoms with Gasteiger partial charge < -0.3 is 4.90 Å². The van der Waals surface area contributed by atoms with Crippen LogP contribution in [0.25, 0.3) is 0 Å². The minimum atomic E-state index is -0.407. The molecule has 1 heterocycles. The Kier molecular flexibility index (Phi) is 4.62. The van der Waals surface area contributed by atoms with Gasteiger partial charge in [-0.15, -0.1) is 0 Å². The van der Waals surface area contributed by atoms with Crippen molar-refractivity contribution < 1.29 is 9.18 Å². The molecule has 0 unspecified atom stereocenters. The quantitative estimate of drug-likeness (QED) is 0.797. The van der Waals surface area contributed by atoms with Crippen LogP contribution in [0.4, 0.5) is 4.39 Å². The maximum atomic E-state index is 14.0. The minimum Gasteiger partial charge on any atom is -0.336 e. The van der Waals surface area contributed by atoms with Gasteiger partial charge in [0.25, 0.3) is 5.91 Å². The molecule has 0 atom stereocenters. The highest BCUT2D eigenvalue weighted by Crippen LogP contribution is 2.40. The Labute approximate surface area is 152 Å². The Hall–Kier alpha value is -1.88. The standard InChI is InChI=1S/C19H23ClFN3O/c1-19(2,3)24-17(10-16(22-24)12-8-9-12)18(25)23(4)11-13-14(20)6-5-7-15(13)21/h5-7,10,12H,8-9,11H2,1-4H3. The van der Waals surface area contributed by atoms with E-state index >= 15 is 0 Å². The Morgan fingerprint density at radius 3 is 2.64 bits per heavy atom. The van der Waals surface area contributed by atoms with Crippen molar-refractivity contribution in [3.8, 4) is 0 Å². The maximum Gasteiger partial charge on any atom is 0.272 e. The molecule has 0 N–H and O–H groups in total. The molecule has 0 aliphatic heterocycles. The number of nitrogens with zero attached hydrogens (tertiary/aromatic N) is 3. The summed E-state index contributed by atoms with van der Waals surface area (Å²) >= 11 is 6.09. The second kappa shape index (κ2) is 6.45. The van der Waals surface area contributed by atoms with E-state index in [-0.39, 0.29) is 18.0 Å². The molecule has 0 radical (unpaired) electrons. The predicted molar refractivity (Wildman–Crippen MR) is 96.4 cm³/mol. The van der Waals surface area contributed by atoms with Gasteiger partial charge in [-0.1, -0.05) is 17.7 Å². The summed E-state index contributed by atoms with van der Waals surface area (Å²) in [6.45, 7) is 6.15. The minimum absolute atomic E-state index is 0.110. The first-order valence-electron chi connectivity index (χ1n) is 8.47. The second-order valence-corrected chi connectivity index (χ2v) is 8.08. The molecule has 1 saturated carbocycles. The smallest absolute Gasteiger partial charge is 0.272 e. The Balaban J connectivity index is 1.89. The van der Waals surface area contributed by atoms with Crippen molar-refractivity contribution in [1.82, 2.24) is 14.7 Å². The van der Waals surface area contributed by atoms with E-state index < -0.39 is 5.82 Å². The molecule has 1 aromatic carbocycles. The molecule has 1 amide bonds. The third kappa shape index (κ3) is 3.71. The molecule has 0 spiro atoms. The zero-order chi connectivity index (χ0) is 18.4. The van der Waals surface area contributed by atoms with Crippen molar-refractivity contribution >= 4 is 17.5 Å². The Morgan fingerprint density at radius 2 is 2.08 bits per heavy atom. The van der Waals surface area contributed by atoms with Crippen molar-refractivity contribution in [3.63, 3.8) is 0 Å². The summed E-state index contributed by atoms with van der Waals surface area (Å²) in [5.74, 6) is -0.134. The SMILES string of the molecule is CN(Cc1c(F)cccc1Cl)C(=O)c1cc(C2CC2)nn1C(C)(C)C. The summed E-state index contributed by atoms with van der Waals surface area (Å²) in [7, 11) is 1.65. The van der Waals surface area contributed by atoms with E-state index in [0.29, 0.717) is 22.2 Å². The van der Waals surface area contributed by atoms with E-state index in [1.807, 2.05) is 26.8 Å².